The highest BCUT2D eigenvalue weighted by molar-refractivity contribution is 5.81. The minimum atomic E-state index is -0.626. The number of ether oxygens (including phenoxy) is 1. The number of hydrogen-bond acceptors (Lipinski definition) is 3. The van der Waals surface area contributed by atoms with Crippen molar-refractivity contribution >= 4 is 12.0 Å². The number of hydrogen-bond donors (Lipinski definition) is 2. The molecule has 5 nitrogen and oxygen atoms in total. The average Bonchev–Trinajstić information content (AvgIpc) is 2.24. The zero-order valence-electron chi connectivity index (χ0n) is 11.7. The molecule has 1 fully saturated rings. The number of carbonyl (C=O) groups excluding carboxylic acids is 2. The smallest absolute Gasteiger partial charge is 0.426 e. The highest BCUT2D eigenvalue weighted by Crippen LogP contribution is 2.29. The van der Waals surface area contributed by atoms with Gasteiger partial charge in [0.25, 0.3) is 0 Å². The Bertz CT molecular complexity index is 310. The van der Waals surface area contributed by atoms with Crippen molar-refractivity contribution in [1.82, 2.24) is 10.9 Å². The second-order valence-electron chi connectivity index (χ2n) is 5.98. The van der Waals surface area contributed by atoms with Crippen molar-refractivity contribution in [3.8, 4) is 0 Å². The Hall–Kier alpha value is -1.26. The molecular weight excluding hydrogens is 232 g/mol. The van der Waals surface area contributed by atoms with Crippen molar-refractivity contribution in [3.63, 3.8) is 0 Å². The van der Waals surface area contributed by atoms with E-state index < -0.39 is 11.7 Å². The van der Waals surface area contributed by atoms with Crippen LogP contribution in [-0.4, -0.2) is 17.6 Å². The van der Waals surface area contributed by atoms with E-state index in [0.29, 0.717) is 5.92 Å². The molecule has 1 aliphatic rings. The zero-order valence-corrected chi connectivity index (χ0v) is 11.7. The minimum Gasteiger partial charge on any atom is -0.443 e. The van der Waals surface area contributed by atoms with E-state index in [1.54, 1.807) is 20.8 Å². The molecule has 104 valence electrons. The molecule has 0 radical (unpaired) electrons. The van der Waals surface area contributed by atoms with Crippen molar-refractivity contribution in [1.29, 1.82) is 0 Å². The topological polar surface area (TPSA) is 67.4 Å². The maximum Gasteiger partial charge on any atom is 0.426 e. The fraction of sp³-hybridized carbons (Fsp3) is 0.846. The largest absolute Gasteiger partial charge is 0.443 e. The number of carbonyl (C=O) groups is 2. The van der Waals surface area contributed by atoms with Gasteiger partial charge in [-0.1, -0.05) is 19.8 Å². The number of rotatable bonds is 1. The summed E-state index contributed by atoms with van der Waals surface area (Å²) in [5.41, 5.74) is 4.18. The molecule has 0 aliphatic heterocycles. The van der Waals surface area contributed by atoms with Gasteiger partial charge in [-0.25, -0.2) is 10.2 Å². The summed E-state index contributed by atoms with van der Waals surface area (Å²) in [6.45, 7) is 7.41. The quantitative estimate of drug-likeness (QED) is 0.708. The van der Waals surface area contributed by atoms with Gasteiger partial charge in [-0.2, -0.15) is 0 Å². The van der Waals surface area contributed by atoms with E-state index in [-0.39, 0.29) is 11.8 Å². The van der Waals surface area contributed by atoms with E-state index in [0.717, 1.165) is 19.3 Å². The molecule has 18 heavy (non-hydrogen) atoms. The minimum absolute atomic E-state index is 0.00585. The van der Waals surface area contributed by atoms with E-state index >= 15 is 0 Å². The van der Waals surface area contributed by atoms with Crippen LogP contribution in [0.5, 0.6) is 0 Å². The lowest BCUT2D eigenvalue weighted by Gasteiger charge is -2.27. The number of amides is 2. The Balaban J connectivity index is 2.34. The lowest BCUT2D eigenvalue weighted by molar-refractivity contribution is -0.128. The van der Waals surface area contributed by atoms with E-state index in [9.17, 15) is 9.59 Å². The first-order valence-electron chi connectivity index (χ1n) is 6.58. The van der Waals surface area contributed by atoms with Gasteiger partial charge in [-0.15, -0.1) is 0 Å². The van der Waals surface area contributed by atoms with Crippen LogP contribution in [-0.2, 0) is 9.53 Å². The lowest BCUT2D eigenvalue weighted by atomic mass is 9.80. The summed E-state index contributed by atoms with van der Waals surface area (Å²) in [4.78, 5) is 23.3. The van der Waals surface area contributed by atoms with Crippen LogP contribution in [0.2, 0.25) is 0 Å². The SMILES string of the molecule is C[C@@H]1CCCC[C@@H]1C(=O)NNC(=O)OC(C)(C)C. The number of nitrogens with one attached hydrogen (secondary N) is 2. The predicted molar refractivity (Wildman–Crippen MR) is 68.6 cm³/mol. The van der Waals surface area contributed by atoms with Crippen LogP contribution < -0.4 is 10.9 Å². The predicted octanol–water partition coefficient (Wildman–Crippen LogP) is 2.37. The maximum absolute atomic E-state index is 11.9. The van der Waals surface area contributed by atoms with E-state index in [1.165, 1.54) is 6.42 Å². The molecule has 0 heterocycles. The highest BCUT2D eigenvalue weighted by Gasteiger charge is 2.28. The summed E-state index contributed by atoms with van der Waals surface area (Å²) >= 11 is 0. The summed E-state index contributed by atoms with van der Waals surface area (Å²) < 4.78 is 5.04. The first-order chi connectivity index (χ1) is 8.29. The van der Waals surface area contributed by atoms with E-state index in [1.807, 2.05) is 0 Å². The molecule has 0 aromatic carbocycles. The normalized spacial score (nSPS) is 24.2. The standard InChI is InChI=1S/C13H24N2O3/c1-9-7-5-6-8-10(9)11(16)14-15-12(17)18-13(2,3)4/h9-10H,5-8H2,1-4H3,(H,14,16)(H,15,17)/t9-,10+/m1/s1. The van der Waals surface area contributed by atoms with Crippen molar-refractivity contribution < 1.29 is 14.3 Å². The Morgan fingerprint density at radius 3 is 2.28 bits per heavy atom. The van der Waals surface area contributed by atoms with Gasteiger partial charge in [0, 0.05) is 5.92 Å². The molecule has 2 atom stereocenters. The van der Waals surface area contributed by atoms with Crippen LogP contribution in [0.15, 0.2) is 0 Å². The van der Waals surface area contributed by atoms with Crippen molar-refractivity contribution in [2.24, 2.45) is 11.8 Å². The van der Waals surface area contributed by atoms with E-state index in [2.05, 4.69) is 17.8 Å². The van der Waals surface area contributed by atoms with Gasteiger partial charge in [0.05, 0.1) is 0 Å². The van der Waals surface area contributed by atoms with Crippen molar-refractivity contribution in [2.75, 3.05) is 0 Å². The molecule has 1 saturated carbocycles. The molecular formula is C13H24N2O3. The molecule has 2 amide bonds. The van der Waals surface area contributed by atoms with Crippen LogP contribution in [0.3, 0.4) is 0 Å². The van der Waals surface area contributed by atoms with E-state index in [4.69, 9.17) is 4.74 Å². The molecule has 1 rings (SSSR count). The Morgan fingerprint density at radius 2 is 1.72 bits per heavy atom. The first-order valence-corrected chi connectivity index (χ1v) is 6.58. The highest BCUT2D eigenvalue weighted by atomic mass is 16.6. The fourth-order valence-corrected chi connectivity index (χ4v) is 2.21. The molecule has 0 spiro atoms. The Labute approximate surface area is 109 Å². The summed E-state index contributed by atoms with van der Waals surface area (Å²) in [6.07, 6.45) is 3.60. The lowest BCUT2D eigenvalue weighted by Crippen LogP contribution is -2.48. The van der Waals surface area contributed by atoms with Gasteiger partial charge >= 0.3 is 6.09 Å². The summed E-state index contributed by atoms with van der Waals surface area (Å²) in [5.74, 6) is 0.251. The van der Waals surface area contributed by atoms with Gasteiger partial charge in [0.15, 0.2) is 0 Å². The zero-order chi connectivity index (χ0) is 13.8. The first kappa shape index (κ1) is 14.8. The van der Waals surface area contributed by atoms with Gasteiger partial charge in [0.1, 0.15) is 5.60 Å². The molecule has 0 unspecified atom stereocenters. The van der Waals surface area contributed by atoms with Gasteiger partial charge in [-0.05, 0) is 39.5 Å². The van der Waals surface area contributed by atoms with Crippen LogP contribution in [0, 0.1) is 11.8 Å². The van der Waals surface area contributed by atoms with Crippen LogP contribution in [0.4, 0.5) is 4.79 Å². The molecule has 0 saturated heterocycles. The third-order valence-electron chi connectivity index (χ3n) is 3.13. The number of hydrazine groups is 1. The second kappa shape index (κ2) is 6.07. The van der Waals surface area contributed by atoms with Crippen LogP contribution >= 0.6 is 0 Å². The molecule has 1 aliphatic carbocycles. The van der Waals surface area contributed by atoms with Crippen molar-refractivity contribution in [3.05, 3.63) is 0 Å². The third-order valence-corrected chi connectivity index (χ3v) is 3.13. The molecule has 5 heteroatoms. The maximum atomic E-state index is 11.9. The van der Waals surface area contributed by atoms with Gasteiger partial charge in [0.2, 0.25) is 5.91 Å². The Morgan fingerprint density at radius 1 is 1.11 bits per heavy atom. The second-order valence-corrected chi connectivity index (χ2v) is 5.98. The molecule has 0 bridgehead atoms. The van der Waals surface area contributed by atoms with Crippen molar-refractivity contribution in [2.45, 2.75) is 59.0 Å². The van der Waals surface area contributed by atoms with Crippen LogP contribution in [0.25, 0.3) is 0 Å². The molecule has 0 aromatic heterocycles. The monoisotopic (exact) mass is 256 g/mol. The van der Waals surface area contributed by atoms with Crippen LogP contribution in [0.1, 0.15) is 53.4 Å². The van der Waals surface area contributed by atoms with Gasteiger partial charge < -0.3 is 4.74 Å². The molecule has 2 N–H and O–H groups in total. The summed E-state index contributed by atoms with van der Waals surface area (Å²) in [6, 6.07) is 0. The Kier molecular flexibility index (Phi) is 4.99. The third kappa shape index (κ3) is 4.94. The summed E-state index contributed by atoms with van der Waals surface area (Å²) in [7, 11) is 0. The average molecular weight is 256 g/mol. The molecule has 0 aromatic rings. The summed E-state index contributed by atoms with van der Waals surface area (Å²) in [5, 5.41) is 0. The fourth-order valence-electron chi connectivity index (χ4n) is 2.21. The van der Waals surface area contributed by atoms with Gasteiger partial charge in [-0.3, -0.25) is 10.2 Å².